The van der Waals surface area contributed by atoms with Gasteiger partial charge in [0.05, 0.1) is 31.6 Å². The molecule has 0 aliphatic heterocycles. The second kappa shape index (κ2) is 29.2. The van der Waals surface area contributed by atoms with Crippen molar-refractivity contribution in [3.05, 3.63) is 12.2 Å². The zero-order valence-electron chi connectivity index (χ0n) is 27.3. The van der Waals surface area contributed by atoms with Crippen LogP contribution in [0.1, 0.15) is 156 Å². The van der Waals surface area contributed by atoms with Crippen LogP contribution in [0.25, 0.3) is 0 Å². The molecule has 246 valence electrons. The van der Waals surface area contributed by atoms with Crippen molar-refractivity contribution in [3.8, 4) is 0 Å². The van der Waals surface area contributed by atoms with Crippen LogP contribution in [0.3, 0.4) is 0 Å². The minimum Gasteiger partial charge on any atom is -0.463 e. The smallest absolute Gasteiger partial charge is 0.306 e. The van der Waals surface area contributed by atoms with E-state index in [1.165, 1.54) is 64.2 Å². The summed E-state index contributed by atoms with van der Waals surface area (Å²) < 4.78 is 15.9. The van der Waals surface area contributed by atoms with Crippen molar-refractivity contribution >= 4 is 17.8 Å². The molecular formula is C34H63NO7. The second-order valence-corrected chi connectivity index (χ2v) is 11.6. The molecule has 0 saturated carbocycles. The minimum absolute atomic E-state index is 0.00576. The number of carbonyl (C=O) groups is 3. The third-order valence-corrected chi connectivity index (χ3v) is 6.96. The fraction of sp³-hybridized carbons (Fsp3) is 0.853. The van der Waals surface area contributed by atoms with Gasteiger partial charge in [0.1, 0.15) is 6.61 Å². The third-order valence-electron chi connectivity index (χ3n) is 6.96. The molecule has 2 atom stereocenters. The van der Waals surface area contributed by atoms with Crippen molar-refractivity contribution in [1.82, 2.24) is 5.32 Å². The first-order valence-electron chi connectivity index (χ1n) is 16.9. The zero-order chi connectivity index (χ0) is 31.3. The van der Waals surface area contributed by atoms with Crippen LogP contribution in [0.4, 0.5) is 0 Å². The summed E-state index contributed by atoms with van der Waals surface area (Å²) in [5.74, 6) is -1.15. The topological polar surface area (TPSA) is 111 Å². The van der Waals surface area contributed by atoms with Gasteiger partial charge in [0.15, 0.2) is 6.29 Å². The van der Waals surface area contributed by atoms with Crippen molar-refractivity contribution in [3.63, 3.8) is 0 Å². The molecule has 0 aromatic carbocycles. The van der Waals surface area contributed by atoms with E-state index in [2.05, 4.69) is 19.2 Å². The van der Waals surface area contributed by atoms with Crippen molar-refractivity contribution < 1.29 is 33.7 Å². The van der Waals surface area contributed by atoms with Crippen LogP contribution in [0.2, 0.25) is 0 Å². The Morgan fingerprint density at radius 3 is 1.79 bits per heavy atom. The van der Waals surface area contributed by atoms with E-state index in [1.54, 1.807) is 19.9 Å². The minimum atomic E-state index is -1.10. The Morgan fingerprint density at radius 1 is 0.690 bits per heavy atom. The second-order valence-electron chi connectivity index (χ2n) is 11.6. The molecule has 0 fully saturated rings. The molecule has 0 heterocycles. The molecule has 42 heavy (non-hydrogen) atoms. The van der Waals surface area contributed by atoms with Gasteiger partial charge in [0, 0.05) is 6.42 Å². The van der Waals surface area contributed by atoms with Gasteiger partial charge in [0.25, 0.3) is 0 Å². The maximum atomic E-state index is 12.5. The van der Waals surface area contributed by atoms with E-state index in [1.807, 2.05) is 6.08 Å². The third kappa shape index (κ3) is 28.2. The highest BCUT2D eigenvalue weighted by Gasteiger charge is 2.18. The normalized spacial score (nSPS) is 12.9. The Balaban J connectivity index is 4.36. The number of amides is 1. The van der Waals surface area contributed by atoms with Crippen LogP contribution in [-0.2, 0) is 28.6 Å². The predicted octanol–water partition coefficient (Wildman–Crippen LogP) is 7.70. The Kier molecular flexibility index (Phi) is 27.8. The first-order valence-corrected chi connectivity index (χ1v) is 16.9. The van der Waals surface area contributed by atoms with Crippen LogP contribution < -0.4 is 5.32 Å². The van der Waals surface area contributed by atoms with E-state index < -0.39 is 24.3 Å². The Bertz CT molecular complexity index is 695. The molecule has 0 aromatic rings. The highest BCUT2D eigenvalue weighted by Crippen LogP contribution is 2.12. The van der Waals surface area contributed by atoms with Gasteiger partial charge < -0.3 is 24.6 Å². The molecule has 0 unspecified atom stereocenters. The molecule has 0 rings (SSSR count). The number of esters is 2. The lowest BCUT2D eigenvalue weighted by Gasteiger charge is -2.20. The van der Waals surface area contributed by atoms with Crippen molar-refractivity contribution in [2.24, 2.45) is 0 Å². The van der Waals surface area contributed by atoms with E-state index in [-0.39, 0.29) is 38.1 Å². The number of ether oxygens (including phenoxy) is 3. The largest absolute Gasteiger partial charge is 0.463 e. The molecule has 0 saturated heterocycles. The first kappa shape index (κ1) is 40.1. The number of aliphatic hydroxyl groups excluding tert-OH is 1. The van der Waals surface area contributed by atoms with E-state index >= 15 is 0 Å². The van der Waals surface area contributed by atoms with Gasteiger partial charge >= 0.3 is 11.9 Å². The van der Waals surface area contributed by atoms with Gasteiger partial charge in [-0.1, -0.05) is 110 Å². The maximum Gasteiger partial charge on any atom is 0.306 e. The molecule has 0 aliphatic rings. The fourth-order valence-corrected chi connectivity index (χ4v) is 4.52. The molecule has 2 N–H and O–H groups in total. The fourth-order valence-electron chi connectivity index (χ4n) is 4.52. The highest BCUT2D eigenvalue weighted by atomic mass is 16.6. The Labute approximate surface area is 256 Å². The SMILES string of the molecule is CCCCCCCCCCCCC/C=C/[C@@H](O)OC[C@H](COC(=O)CCC(=O)OC(C)C)NC(=O)CCCCCCC. The average molecular weight is 598 g/mol. The molecule has 0 aromatic heterocycles. The number of allylic oxidation sites excluding steroid dienone is 1. The van der Waals surface area contributed by atoms with Gasteiger partial charge in [-0.25, -0.2) is 0 Å². The average Bonchev–Trinajstić information content (AvgIpc) is 2.95. The standard InChI is InChI=1S/C34H63NO7/c1-5-7-9-11-12-13-14-15-16-17-18-20-22-24-32(37)40-27-30(35-31(36)23-21-19-10-8-6-2)28-41-33(38)25-26-34(39)42-29(3)4/h22,24,29-30,32,37H,5-21,23,25-28H2,1-4H3,(H,35,36)/b24-22+/t30-,32+/m1/s1. The van der Waals surface area contributed by atoms with Crippen molar-refractivity contribution in [2.45, 2.75) is 175 Å². The highest BCUT2D eigenvalue weighted by molar-refractivity contribution is 5.78. The zero-order valence-corrected chi connectivity index (χ0v) is 27.3. The first-order chi connectivity index (χ1) is 20.3. The number of aliphatic hydroxyl groups is 1. The molecule has 8 nitrogen and oxygen atoms in total. The summed E-state index contributed by atoms with van der Waals surface area (Å²) in [6.45, 7) is 7.78. The number of carbonyl (C=O) groups excluding carboxylic acids is 3. The van der Waals surface area contributed by atoms with Crippen LogP contribution >= 0.6 is 0 Å². The van der Waals surface area contributed by atoms with Crippen LogP contribution in [0.15, 0.2) is 12.2 Å². The quantitative estimate of drug-likeness (QED) is 0.0393. The molecular weight excluding hydrogens is 534 g/mol. The van der Waals surface area contributed by atoms with Crippen molar-refractivity contribution in [2.75, 3.05) is 13.2 Å². The molecule has 0 radical (unpaired) electrons. The molecule has 0 aliphatic carbocycles. The number of rotatable bonds is 29. The lowest BCUT2D eigenvalue weighted by molar-refractivity contribution is -0.153. The Morgan fingerprint density at radius 2 is 1.21 bits per heavy atom. The number of nitrogens with one attached hydrogen (secondary N) is 1. The van der Waals surface area contributed by atoms with E-state index in [9.17, 15) is 19.5 Å². The van der Waals surface area contributed by atoms with Gasteiger partial charge in [0.2, 0.25) is 5.91 Å². The molecule has 8 heteroatoms. The van der Waals surface area contributed by atoms with E-state index in [0.717, 1.165) is 44.9 Å². The number of hydrogen-bond donors (Lipinski definition) is 2. The summed E-state index contributed by atoms with van der Waals surface area (Å²) in [4.78, 5) is 36.3. The maximum absolute atomic E-state index is 12.5. The molecule has 1 amide bonds. The van der Waals surface area contributed by atoms with Crippen LogP contribution in [0.5, 0.6) is 0 Å². The van der Waals surface area contributed by atoms with Gasteiger partial charge in [-0.3, -0.25) is 14.4 Å². The molecule has 0 bridgehead atoms. The summed E-state index contributed by atoms with van der Waals surface area (Å²) in [6.07, 6.45) is 22.7. The number of hydrogen-bond acceptors (Lipinski definition) is 7. The summed E-state index contributed by atoms with van der Waals surface area (Å²) in [7, 11) is 0. The molecule has 0 spiro atoms. The van der Waals surface area contributed by atoms with Gasteiger partial charge in [-0.05, 0) is 39.2 Å². The predicted molar refractivity (Wildman–Crippen MR) is 169 cm³/mol. The van der Waals surface area contributed by atoms with Crippen molar-refractivity contribution in [1.29, 1.82) is 0 Å². The van der Waals surface area contributed by atoms with Crippen LogP contribution in [-0.4, -0.2) is 54.6 Å². The number of unbranched alkanes of at least 4 members (excludes halogenated alkanes) is 15. The lowest BCUT2D eigenvalue weighted by Crippen LogP contribution is -2.42. The monoisotopic (exact) mass is 597 g/mol. The Hall–Kier alpha value is -1.93. The summed E-state index contributed by atoms with van der Waals surface area (Å²) in [5, 5.41) is 13.1. The van der Waals surface area contributed by atoms with E-state index in [4.69, 9.17) is 14.2 Å². The van der Waals surface area contributed by atoms with Crippen LogP contribution in [0, 0.1) is 0 Å². The van der Waals surface area contributed by atoms with E-state index in [0.29, 0.717) is 6.42 Å². The van der Waals surface area contributed by atoms with Gasteiger partial charge in [-0.2, -0.15) is 0 Å². The summed E-state index contributed by atoms with van der Waals surface area (Å²) in [5.41, 5.74) is 0. The summed E-state index contributed by atoms with van der Waals surface area (Å²) >= 11 is 0. The summed E-state index contributed by atoms with van der Waals surface area (Å²) in [6, 6.07) is -0.602. The lowest BCUT2D eigenvalue weighted by atomic mass is 10.1. The van der Waals surface area contributed by atoms with Gasteiger partial charge in [-0.15, -0.1) is 0 Å².